The number of fused-ring (bicyclic) bond motifs is 1. The summed E-state index contributed by atoms with van der Waals surface area (Å²) in [7, 11) is 0. The maximum Gasteiger partial charge on any atom is 0.331 e. The maximum atomic E-state index is 14.1. The van der Waals surface area contributed by atoms with Crippen LogP contribution in [0.5, 0.6) is 0 Å². The van der Waals surface area contributed by atoms with Gasteiger partial charge in [-0.05, 0) is 24.1 Å². The molecule has 1 N–H and O–H groups in total. The lowest BCUT2D eigenvalue weighted by molar-refractivity contribution is -0.295. The van der Waals surface area contributed by atoms with Gasteiger partial charge in [-0.1, -0.05) is 50.8 Å². The first-order valence-corrected chi connectivity index (χ1v) is 16.5. The Labute approximate surface area is 290 Å². The lowest BCUT2D eigenvalue weighted by Crippen LogP contribution is -2.80. The average molecular weight is 697 g/mol. The normalized spacial score (nSPS) is 39.0. The molecule has 1 aromatic rings. The van der Waals surface area contributed by atoms with E-state index >= 15 is 0 Å². The molecule has 0 aromatic heterocycles. The monoisotopic (exact) mass is 696 g/mol. The van der Waals surface area contributed by atoms with Gasteiger partial charge in [-0.3, -0.25) is 24.0 Å². The molecule has 0 radical (unpaired) electrons. The number of carbonyl (C=O) groups excluding carboxylic acids is 6. The van der Waals surface area contributed by atoms with E-state index in [0.717, 1.165) is 19.4 Å². The van der Waals surface area contributed by atoms with Gasteiger partial charge >= 0.3 is 29.8 Å². The molecule has 50 heavy (non-hydrogen) atoms. The second-order valence-electron chi connectivity index (χ2n) is 14.3. The van der Waals surface area contributed by atoms with Crippen LogP contribution in [0, 0.1) is 22.7 Å². The molecular weight excluding hydrogens is 652 g/mol. The molecule has 1 aromatic carbocycles. The van der Waals surface area contributed by atoms with Gasteiger partial charge in [-0.25, -0.2) is 4.79 Å². The Balaban J connectivity index is 1.76. The van der Waals surface area contributed by atoms with Crippen molar-refractivity contribution in [3.8, 4) is 0 Å². The number of Topliss-reactive ketones (excluding diaryl/α,β-unsaturated/α-hetero) is 1. The smallest absolute Gasteiger partial charge is 0.331 e. The Kier molecular flexibility index (Phi) is 9.65. The van der Waals surface area contributed by atoms with Crippen molar-refractivity contribution in [3.05, 3.63) is 54.1 Å². The Bertz CT molecular complexity index is 1630. The molecule has 5 rings (SSSR count). The Morgan fingerprint density at radius 2 is 1.44 bits per heavy atom. The summed E-state index contributed by atoms with van der Waals surface area (Å²) < 4.78 is 35.9. The van der Waals surface area contributed by atoms with E-state index in [1.54, 1.807) is 44.2 Å². The number of ketones is 1. The summed E-state index contributed by atoms with van der Waals surface area (Å²) in [6, 6.07) is 9.03. The summed E-state index contributed by atoms with van der Waals surface area (Å²) in [4.78, 5) is 78.9. The van der Waals surface area contributed by atoms with Gasteiger partial charge in [-0.15, -0.1) is 0 Å². The van der Waals surface area contributed by atoms with E-state index in [4.69, 9.17) is 28.4 Å². The van der Waals surface area contributed by atoms with Crippen LogP contribution in [-0.2, 0) is 57.2 Å². The number of benzene rings is 1. The SMILES string of the molecule is C=C1[C@@H](OC(=O)/C=C/c2ccccc2)C[C@H](OC(C)=O)[C@@]2(C)[C@@H](OC(C)=O)[C@H](OC(C)=O)[C@]3(O)[C@@]4(C)CO[C@]3(C)C(=O)C[C@@H]4[C@@H](OC(C)=O)[C@H]12. The molecule has 1 heterocycles. The van der Waals surface area contributed by atoms with Gasteiger partial charge in [0.1, 0.15) is 23.9 Å². The summed E-state index contributed by atoms with van der Waals surface area (Å²) >= 11 is 0. The van der Waals surface area contributed by atoms with Crippen LogP contribution in [0.2, 0.25) is 0 Å². The molecule has 4 fully saturated rings. The van der Waals surface area contributed by atoms with E-state index in [1.807, 2.05) is 6.07 Å². The molecule has 11 atom stereocenters. The number of carbonyl (C=O) groups is 6. The Hall–Kier alpha value is -4.36. The van der Waals surface area contributed by atoms with Gasteiger partial charge in [0.2, 0.25) is 0 Å². The molecule has 270 valence electrons. The van der Waals surface area contributed by atoms with Crippen LogP contribution in [-0.4, -0.2) is 89.1 Å². The predicted molar refractivity (Wildman–Crippen MR) is 173 cm³/mol. The second-order valence-corrected chi connectivity index (χ2v) is 14.3. The topological polar surface area (TPSA) is 178 Å². The third-order valence-electron chi connectivity index (χ3n) is 11.3. The zero-order chi connectivity index (χ0) is 37.0. The van der Waals surface area contributed by atoms with Gasteiger partial charge in [0.25, 0.3) is 0 Å². The van der Waals surface area contributed by atoms with Gasteiger partial charge in [0.15, 0.2) is 23.6 Å². The fourth-order valence-electron chi connectivity index (χ4n) is 8.98. The van der Waals surface area contributed by atoms with Crippen molar-refractivity contribution in [2.75, 3.05) is 6.61 Å². The molecule has 0 spiro atoms. The van der Waals surface area contributed by atoms with E-state index in [-0.39, 0.29) is 25.0 Å². The molecule has 13 nitrogen and oxygen atoms in total. The van der Waals surface area contributed by atoms with Crippen LogP contribution in [0.3, 0.4) is 0 Å². The van der Waals surface area contributed by atoms with Crippen LogP contribution in [0.15, 0.2) is 48.6 Å². The quantitative estimate of drug-likeness (QED) is 0.191. The fraction of sp³-hybridized carbons (Fsp3) is 0.568. The first-order chi connectivity index (χ1) is 23.3. The summed E-state index contributed by atoms with van der Waals surface area (Å²) in [6.07, 6.45) is -4.76. The van der Waals surface area contributed by atoms with Crippen LogP contribution >= 0.6 is 0 Å². The van der Waals surface area contributed by atoms with Gasteiger partial charge in [0, 0.05) is 63.9 Å². The number of ether oxygens (including phenoxy) is 6. The van der Waals surface area contributed by atoms with Gasteiger partial charge < -0.3 is 33.5 Å². The number of hydrogen-bond acceptors (Lipinski definition) is 13. The van der Waals surface area contributed by atoms with Crippen molar-refractivity contribution < 1.29 is 62.3 Å². The highest BCUT2D eigenvalue weighted by Gasteiger charge is 2.82. The zero-order valence-electron chi connectivity index (χ0n) is 29.3. The third kappa shape index (κ3) is 5.73. The number of hydrogen-bond donors (Lipinski definition) is 1. The predicted octanol–water partition coefficient (Wildman–Crippen LogP) is 3.05. The zero-order valence-corrected chi connectivity index (χ0v) is 29.3. The minimum Gasteiger partial charge on any atom is -0.462 e. The van der Waals surface area contributed by atoms with Crippen molar-refractivity contribution in [3.63, 3.8) is 0 Å². The first-order valence-electron chi connectivity index (χ1n) is 16.5. The standard InChI is InChI=1S/C37H44O13/c1-19-26(50-29(43)15-14-24-12-10-9-11-13-24)17-28(46-20(2)38)35(7)30(19)31(47-21(3)39)25-16-27(42)36(8)37(44,34(25,6)18-45-36)33(49-23(5)41)32(35)48-22(4)40/h9-15,25-26,28,30-33,44H,1,16-18H2,2-8H3/b15-14+/t25-,26+,28+,30+,31-,32+,33+,34+,35-,36-,37+/m1/s1. The molecule has 1 saturated heterocycles. The Morgan fingerprint density at radius 3 is 2.02 bits per heavy atom. The van der Waals surface area contributed by atoms with Crippen LogP contribution in [0.25, 0.3) is 6.08 Å². The lowest BCUT2D eigenvalue weighted by atomic mass is 9.44. The molecule has 3 saturated carbocycles. The highest BCUT2D eigenvalue weighted by Crippen LogP contribution is 2.67. The molecule has 3 aliphatic carbocycles. The van der Waals surface area contributed by atoms with Gasteiger partial charge in [-0.2, -0.15) is 0 Å². The highest BCUT2D eigenvalue weighted by molar-refractivity contribution is 5.91. The molecule has 4 aliphatic rings. The number of aliphatic hydroxyl groups is 1. The largest absolute Gasteiger partial charge is 0.462 e. The second kappa shape index (κ2) is 13.1. The summed E-state index contributed by atoms with van der Waals surface area (Å²) in [5.74, 6) is -6.69. The molecule has 1 aliphatic heterocycles. The van der Waals surface area contributed by atoms with Crippen LogP contribution in [0.1, 0.15) is 66.9 Å². The summed E-state index contributed by atoms with van der Waals surface area (Å²) in [6.45, 7) is 13.3. The van der Waals surface area contributed by atoms with E-state index in [2.05, 4.69) is 6.58 Å². The van der Waals surface area contributed by atoms with Crippen molar-refractivity contribution >= 4 is 41.7 Å². The lowest BCUT2D eigenvalue weighted by Gasteiger charge is -2.64. The van der Waals surface area contributed by atoms with E-state index in [1.165, 1.54) is 26.8 Å². The van der Waals surface area contributed by atoms with E-state index < -0.39 is 100 Å². The van der Waals surface area contributed by atoms with Gasteiger partial charge in [0.05, 0.1) is 12.0 Å². The van der Waals surface area contributed by atoms with Crippen LogP contribution < -0.4 is 0 Å². The molecular formula is C37H44O13. The number of esters is 5. The third-order valence-corrected chi connectivity index (χ3v) is 11.3. The first kappa shape index (κ1) is 36.9. The average Bonchev–Trinajstić information content (AvgIpc) is 3.17. The van der Waals surface area contributed by atoms with Crippen molar-refractivity contribution in [2.45, 2.75) is 103 Å². The van der Waals surface area contributed by atoms with Crippen molar-refractivity contribution in [1.29, 1.82) is 0 Å². The van der Waals surface area contributed by atoms with Crippen LogP contribution in [0.4, 0.5) is 0 Å². The fourth-order valence-corrected chi connectivity index (χ4v) is 8.98. The number of rotatable bonds is 7. The summed E-state index contributed by atoms with van der Waals surface area (Å²) in [5.41, 5.74) is -6.51. The molecule has 0 unspecified atom stereocenters. The highest BCUT2D eigenvalue weighted by atomic mass is 16.6. The maximum absolute atomic E-state index is 14.1. The Morgan fingerprint density at radius 1 is 0.860 bits per heavy atom. The van der Waals surface area contributed by atoms with E-state index in [0.29, 0.717) is 0 Å². The molecule has 0 amide bonds. The van der Waals surface area contributed by atoms with Crippen molar-refractivity contribution in [1.82, 2.24) is 0 Å². The minimum atomic E-state index is -2.36. The van der Waals surface area contributed by atoms with Crippen molar-refractivity contribution in [2.24, 2.45) is 22.7 Å². The van der Waals surface area contributed by atoms with E-state index in [9.17, 15) is 33.9 Å². The molecule has 13 heteroatoms. The minimum absolute atomic E-state index is 0.194. The summed E-state index contributed by atoms with van der Waals surface area (Å²) in [5, 5.41) is 13.0. The molecule has 4 bridgehead atoms.